The van der Waals surface area contributed by atoms with Gasteiger partial charge in [0.25, 0.3) is 5.69 Å². The molecule has 2 aromatic rings. The van der Waals surface area contributed by atoms with E-state index in [1.54, 1.807) is 22.9 Å². The van der Waals surface area contributed by atoms with Crippen LogP contribution >= 0.6 is 0 Å². The lowest BCUT2D eigenvalue weighted by atomic mass is 10.1. The fraction of sp³-hybridized carbons (Fsp3) is 0.273. The Bertz CT molecular complexity index is 552. The van der Waals surface area contributed by atoms with Gasteiger partial charge in [0.05, 0.1) is 11.5 Å². The van der Waals surface area contributed by atoms with Gasteiger partial charge in [0.15, 0.2) is 0 Å². The van der Waals surface area contributed by atoms with Crippen LogP contribution in [-0.2, 0) is 19.5 Å². The molecular weight excluding hydrogens is 234 g/mol. The van der Waals surface area contributed by atoms with Gasteiger partial charge in [-0.2, -0.15) is 5.10 Å². The number of hydrogen-bond acceptors (Lipinski definition) is 5. The highest BCUT2D eigenvalue weighted by Crippen LogP contribution is 2.18. The lowest BCUT2D eigenvalue weighted by Crippen LogP contribution is -2.12. The number of nitro groups is 1. The predicted molar refractivity (Wildman–Crippen MR) is 64.7 cm³/mol. The second kappa shape index (κ2) is 5.37. The fourth-order valence-corrected chi connectivity index (χ4v) is 1.76. The number of benzene rings is 1. The van der Waals surface area contributed by atoms with E-state index in [2.05, 4.69) is 10.1 Å². The highest BCUT2D eigenvalue weighted by atomic mass is 16.6. The first-order valence-corrected chi connectivity index (χ1v) is 5.51. The predicted octanol–water partition coefficient (Wildman–Crippen LogP) is 0.888. The summed E-state index contributed by atoms with van der Waals surface area (Å²) < 4.78 is 1.66. The molecule has 0 bridgehead atoms. The Morgan fingerprint density at radius 3 is 2.89 bits per heavy atom. The number of nitrogens with two attached hydrogens (primary N) is 1. The van der Waals surface area contributed by atoms with Gasteiger partial charge in [-0.1, -0.05) is 18.2 Å². The molecule has 1 aromatic carbocycles. The van der Waals surface area contributed by atoms with Crippen LogP contribution in [0.25, 0.3) is 0 Å². The molecule has 7 heteroatoms. The van der Waals surface area contributed by atoms with Crippen molar-refractivity contribution in [1.29, 1.82) is 0 Å². The van der Waals surface area contributed by atoms with Gasteiger partial charge in [-0.05, 0) is 6.42 Å². The molecule has 0 aliphatic carbocycles. The molecule has 18 heavy (non-hydrogen) atoms. The van der Waals surface area contributed by atoms with Crippen molar-refractivity contribution in [3.8, 4) is 0 Å². The molecule has 0 atom stereocenters. The minimum Gasteiger partial charge on any atom is -0.324 e. The SMILES string of the molecule is NCc1ncnn1CCc1ccccc1[N+](=O)[O-]. The minimum atomic E-state index is -0.374. The summed E-state index contributed by atoms with van der Waals surface area (Å²) in [5.41, 5.74) is 6.32. The Kier molecular flexibility index (Phi) is 3.63. The quantitative estimate of drug-likeness (QED) is 0.624. The van der Waals surface area contributed by atoms with Crippen LogP contribution in [0.4, 0.5) is 5.69 Å². The Hall–Kier alpha value is -2.28. The van der Waals surface area contributed by atoms with Crippen molar-refractivity contribution in [1.82, 2.24) is 14.8 Å². The molecule has 0 aliphatic rings. The molecule has 0 amide bonds. The number of rotatable bonds is 5. The third-order valence-electron chi connectivity index (χ3n) is 2.66. The Balaban J connectivity index is 2.13. The van der Waals surface area contributed by atoms with Crippen molar-refractivity contribution in [3.63, 3.8) is 0 Å². The zero-order valence-corrected chi connectivity index (χ0v) is 9.69. The second-order valence-corrected chi connectivity index (χ2v) is 3.74. The van der Waals surface area contributed by atoms with Crippen LogP contribution in [0.5, 0.6) is 0 Å². The molecule has 7 nitrogen and oxygen atoms in total. The average Bonchev–Trinajstić information content (AvgIpc) is 2.84. The van der Waals surface area contributed by atoms with Gasteiger partial charge in [0.2, 0.25) is 0 Å². The minimum absolute atomic E-state index is 0.131. The van der Waals surface area contributed by atoms with Crippen LogP contribution in [0.1, 0.15) is 11.4 Å². The average molecular weight is 247 g/mol. The van der Waals surface area contributed by atoms with E-state index in [-0.39, 0.29) is 10.6 Å². The molecule has 0 unspecified atom stereocenters. The Morgan fingerprint density at radius 2 is 2.17 bits per heavy atom. The van der Waals surface area contributed by atoms with E-state index in [0.29, 0.717) is 30.9 Å². The summed E-state index contributed by atoms with van der Waals surface area (Å²) in [7, 11) is 0. The summed E-state index contributed by atoms with van der Waals surface area (Å²) in [6.07, 6.45) is 1.95. The van der Waals surface area contributed by atoms with Crippen LogP contribution in [0.2, 0.25) is 0 Å². The van der Waals surface area contributed by atoms with E-state index in [0.717, 1.165) is 0 Å². The van der Waals surface area contributed by atoms with Crippen molar-refractivity contribution in [2.24, 2.45) is 5.73 Å². The topological polar surface area (TPSA) is 99.9 Å². The van der Waals surface area contributed by atoms with Gasteiger partial charge >= 0.3 is 0 Å². The normalized spacial score (nSPS) is 10.5. The van der Waals surface area contributed by atoms with Crippen LogP contribution in [0, 0.1) is 10.1 Å². The van der Waals surface area contributed by atoms with Crippen LogP contribution in [0.15, 0.2) is 30.6 Å². The van der Waals surface area contributed by atoms with Crippen molar-refractivity contribution in [2.45, 2.75) is 19.5 Å². The van der Waals surface area contributed by atoms with Crippen molar-refractivity contribution >= 4 is 5.69 Å². The summed E-state index contributed by atoms with van der Waals surface area (Å²) in [6, 6.07) is 6.69. The molecule has 1 aromatic heterocycles. The van der Waals surface area contributed by atoms with E-state index in [4.69, 9.17) is 5.73 Å². The van der Waals surface area contributed by atoms with E-state index >= 15 is 0 Å². The lowest BCUT2D eigenvalue weighted by molar-refractivity contribution is -0.385. The molecular formula is C11H13N5O2. The highest BCUT2D eigenvalue weighted by molar-refractivity contribution is 5.39. The molecule has 0 fully saturated rings. The number of aryl methyl sites for hydroxylation is 2. The largest absolute Gasteiger partial charge is 0.324 e. The molecule has 2 rings (SSSR count). The summed E-state index contributed by atoms with van der Waals surface area (Å²) in [5.74, 6) is 0.675. The van der Waals surface area contributed by atoms with Gasteiger partial charge in [-0.15, -0.1) is 0 Å². The molecule has 0 saturated carbocycles. The summed E-state index contributed by atoms with van der Waals surface area (Å²) >= 11 is 0. The van der Waals surface area contributed by atoms with E-state index in [1.165, 1.54) is 12.4 Å². The van der Waals surface area contributed by atoms with Crippen LogP contribution in [-0.4, -0.2) is 19.7 Å². The van der Waals surface area contributed by atoms with Gasteiger partial charge in [-0.3, -0.25) is 10.1 Å². The Labute approximate surface area is 103 Å². The number of aromatic nitrogens is 3. The monoisotopic (exact) mass is 247 g/mol. The first kappa shape index (κ1) is 12.2. The standard InChI is InChI=1S/C11H13N5O2/c12-7-11-13-8-14-15(11)6-5-9-3-1-2-4-10(9)16(17)18/h1-4,8H,5-7,12H2. The molecule has 94 valence electrons. The summed E-state index contributed by atoms with van der Waals surface area (Å²) in [4.78, 5) is 14.5. The lowest BCUT2D eigenvalue weighted by Gasteiger charge is -2.05. The van der Waals surface area contributed by atoms with Crippen molar-refractivity contribution < 1.29 is 4.92 Å². The fourth-order valence-electron chi connectivity index (χ4n) is 1.76. The molecule has 0 spiro atoms. The molecule has 0 aliphatic heterocycles. The molecule has 0 radical (unpaired) electrons. The van der Waals surface area contributed by atoms with Crippen molar-refractivity contribution in [2.75, 3.05) is 0 Å². The number of nitro benzene ring substituents is 1. The number of hydrogen-bond donors (Lipinski definition) is 1. The van der Waals surface area contributed by atoms with Gasteiger partial charge in [-0.25, -0.2) is 9.67 Å². The van der Waals surface area contributed by atoms with Crippen LogP contribution in [0.3, 0.4) is 0 Å². The van der Waals surface area contributed by atoms with E-state index < -0.39 is 0 Å². The third-order valence-corrected chi connectivity index (χ3v) is 2.66. The van der Waals surface area contributed by atoms with Crippen molar-refractivity contribution in [3.05, 3.63) is 52.1 Å². The maximum Gasteiger partial charge on any atom is 0.272 e. The molecule has 0 saturated heterocycles. The second-order valence-electron chi connectivity index (χ2n) is 3.74. The van der Waals surface area contributed by atoms with Gasteiger partial charge < -0.3 is 5.73 Å². The van der Waals surface area contributed by atoms with E-state index in [9.17, 15) is 10.1 Å². The Morgan fingerprint density at radius 1 is 1.39 bits per heavy atom. The zero-order valence-electron chi connectivity index (χ0n) is 9.69. The van der Waals surface area contributed by atoms with Gasteiger partial charge in [0.1, 0.15) is 12.2 Å². The number of nitrogens with zero attached hydrogens (tertiary/aromatic N) is 4. The highest BCUT2D eigenvalue weighted by Gasteiger charge is 2.12. The maximum atomic E-state index is 10.9. The van der Waals surface area contributed by atoms with Gasteiger partial charge in [0, 0.05) is 18.2 Å². The zero-order chi connectivity index (χ0) is 13.0. The maximum absolute atomic E-state index is 10.9. The molecule has 1 heterocycles. The summed E-state index contributed by atoms with van der Waals surface area (Å²) in [5, 5.41) is 14.9. The number of para-hydroxylation sites is 1. The first-order valence-electron chi connectivity index (χ1n) is 5.51. The third kappa shape index (κ3) is 2.51. The smallest absolute Gasteiger partial charge is 0.272 e. The van der Waals surface area contributed by atoms with E-state index in [1.807, 2.05) is 0 Å². The summed E-state index contributed by atoms with van der Waals surface area (Å²) in [6.45, 7) is 0.828. The molecule has 2 N–H and O–H groups in total. The first-order chi connectivity index (χ1) is 8.72. The van der Waals surface area contributed by atoms with Crippen LogP contribution < -0.4 is 5.73 Å².